The van der Waals surface area contributed by atoms with E-state index in [1.165, 1.54) is 0 Å². The molecule has 1 aromatic carbocycles. The summed E-state index contributed by atoms with van der Waals surface area (Å²) in [5.41, 5.74) is 8.22. The molecule has 0 bridgehead atoms. The molecule has 2 rings (SSSR count). The van der Waals surface area contributed by atoms with Gasteiger partial charge in [-0.2, -0.15) is 0 Å². The lowest BCUT2D eigenvalue weighted by molar-refractivity contribution is 0.0698. The number of carbonyl (C=O) groups is 1. The summed E-state index contributed by atoms with van der Waals surface area (Å²) in [5, 5.41) is 9.25. The first-order valence-electron chi connectivity index (χ1n) is 6.82. The predicted octanol–water partition coefficient (Wildman–Crippen LogP) is 1.81. The Labute approximate surface area is 120 Å². The highest BCUT2D eigenvalue weighted by Crippen LogP contribution is 2.29. The smallest absolute Gasteiger partial charge is 0.337 e. The van der Waals surface area contributed by atoms with Crippen LogP contribution in [0.1, 0.15) is 29.8 Å². The molecule has 0 radical (unpaired) electrons. The highest BCUT2D eigenvalue weighted by atomic mass is 16.4. The van der Waals surface area contributed by atoms with Crippen LogP contribution in [-0.4, -0.2) is 48.2 Å². The number of nitrogens with two attached hydrogens (primary N) is 1. The first-order valence-corrected chi connectivity index (χ1v) is 6.82. The van der Waals surface area contributed by atoms with E-state index in [-0.39, 0.29) is 11.1 Å². The van der Waals surface area contributed by atoms with Crippen molar-refractivity contribution >= 4 is 17.3 Å². The van der Waals surface area contributed by atoms with Crippen molar-refractivity contribution in [1.82, 2.24) is 4.90 Å². The van der Waals surface area contributed by atoms with Gasteiger partial charge in [0.05, 0.1) is 5.56 Å². The van der Waals surface area contributed by atoms with Crippen molar-refractivity contribution in [3.8, 4) is 0 Å². The fraction of sp³-hybridized carbons (Fsp3) is 0.533. The summed E-state index contributed by atoms with van der Waals surface area (Å²) in [6.45, 7) is 8.96. The number of nitrogen functional groups attached to an aromatic ring is 1. The zero-order valence-electron chi connectivity index (χ0n) is 12.6. The fourth-order valence-electron chi connectivity index (χ4n) is 2.60. The molecule has 0 aromatic heterocycles. The van der Waals surface area contributed by atoms with Gasteiger partial charge in [0.2, 0.25) is 0 Å². The van der Waals surface area contributed by atoms with Gasteiger partial charge in [0, 0.05) is 36.5 Å². The number of rotatable bonds is 2. The van der Waals surface area contributed by atoms with Crippen LogP contribution in [0.2, 0.25) is 0 Å². The monoisotopic (exact) mass is 277 g/mol. The summed E-state index contributed by atoms with van der Waals surface area (Å²) in [4.78, 5) is 15.8. The number of piperazine rings is 1. The Morgan fingerprint density at radius 3 is 2.55 bits per heavy atom. The van der Waals surface area contributed by atoms with Gasteiger partial charge in [-0.3, -0.25) is 4.90 Å². The van der Waals surface area contributed by atoms with E-state index >= 15 is 0 Å². The van der Waals surface area contributed by atoms with Crippen LogP contribution in [0.5, 0.6) is 0 Å². The van der Waals surface area contributed by atoms with Gasteiger partial charge in [0.25, 0.3) is 0 Å². The van der Waals surface area contributed by atoms with E-state index in [1.54, 1.807) is 6.07 Å². The third-order valence-corrected chi connectivity index (χ3v) is 4.28. The predicted molar refractivity (Wildman–Crippen MR) is 81.5 cm³/mol. The minimum absolute atomic E-state index is 0.0664. The number of likely N-dealkylation sites (N-methyl/N-ethyl adjacent to an activating group) is 1. The first kappa shape index (κ1) is 14.7. The number of aromatic carboxylic acids is 1. The summed E-state index contributed by atoms with van der Waals surface area (Å²) in [6, 6.07) is 3.66. The van der Waals surface area contributed by atoms with E-state index in [0.717, 1.165) is 30.9 Å². The molecule has 5 heteroatoms. The Kier molecular flexibility index (Phi) is 3.65. The van der Waals surface area contributed by atoms with E-state index in [2.05, 4.69) is 30.7 Å². The van der Waals surface area contributed by atoms with Crippen molar-refractivity contribution < 1.29 is 9.90 Å². The van der Waals surface area contributed by atoms with Crippen LogP contribution in [-0.2, 0) is 0 Å². The van der Waals surface area contributed by atoms with E-state index in [0.29, 0.717) is 5.69 Å². The number of aryl methyl sites for hydroxylation is 1. The maximum Gasteiger partial charge on any atom is 0.337 e. The number of carboxylic acid groups (broad SMARTS) is 1. The molecule has 110 valence electrons. The largest absolute Gasteiger partial charge is 0.478 e. The van der Waals surface area contributed by atoms with Crippen LogP contribution in [0, 0.1) is 6.92 Å². The maximum absolute atomic E-state index is 11.3. The Morgan fingerprint density at radius 1 is 1.35 bits per heavy atom. The zero-order valence-corrected chi connectivity index (χ0v) is 12.6. The fourth-order valence-corrected chi connectivity index (χ4v) is 2.60. The highest BCUT2D eigenvalue weighted by molar-refractivity contribution is 5.95. The van der Waals surface area contributed by atoms with Gasteiger partial charge in [-0.1, -0.05) is 0 Å². The van der Waals surface area contributed by atoms with Gasteiger partial charge < -0.3 is 15.7 Å². The van der Waals surface area contributed by atoms with Crippen molar-refractivity contribution in [2.24, 2.45) is 0 Å². The molecular formula is C15H23N3O2. The van der Waals surface area contributed by atoms with Gasteiger partial charge in [-0.15, -0.1) is 0 Å². The van der Waals surface area contributed by atoms with Crippen LogP contribution >= 0.6 is 0 Å². The quantitative estimate of drug-likeness (QED) is 0.807. The van der Waals surface area contributed by atoms with Crippen LogP contribution in [0.4, 0.5) is 11.4 Å². The summed E-state index contributed by atoms with van der Waals surface area (Å²) in [7, 11) is 2.12. The minimum atomic E-state index is -0.971. The van der Waals surface area contributed by atoms with Crippen molar-refractivity contribution in [2.45, 2.75) is 26.3 Å². The number of hydrogen-bond donors (Lipinski definition) is 2. The number of hydrogen-bond acceptors (Lipinski definition) is 4. The lowest BCUT2D eigenvalue weighted by Gasteiger charge is -2.46. The second kappa shape index (κ2) is 4.98. The Hall–Kier alpha value is -1.75. The van der Waals surface area contributed by atoms with Crippen molar-refractivity contribution in [3.05, 3.63) is 23.3 Å². The summed E-state index contributed by atoms with van der Waals surface area (Å²) in [6.07, 6.45) is 0. The van der Waals surface area contributed by atoms with E-state index in [1.807, 2.05) is 13.0 Å². The van der Waals surface area contributed by atoms with Gasteiger partial charge in [0.15, 0.2) is 0 Å². The summed E-state index contributed by atoms with van der Waals surface area (Å²) in [5.74, 6) is -0.971. The molecule has 1 aliphatic rings. The lowest BCUT2D eigenvalue weighted by atomic mass is 9.98. The topological polar surface area (TPSA) is 69.8 Å². The summed E-state index contributed by atoms with van der Waals surface area (Å²) >= 11 is 0. The number of benzene rings is 1. The van der Waals surface area contributed by atoms with Crippen molar-refractivity contribution in [3.63, 3.8) is 0 Å². The van der Waals surface area contributed by atoms with Crippen LogP contribution in [0.25, 0.3) is 0 Å². The van der Waals surface area contributed by atoms with Crippen LogP contribution < -0.4 is 10.6 Å². The SMILES string of the molecule is Cc1cc(N2CCN(C)C(C)(C)C2)cc(C(=O)O)c1N. The molecule has 1 fully saturated rings. The van der Waals surface area contributed by atoms with Crippen molar-refractivity contribution in [1.29, 1.82) is 0 Å². The molecule has 0 unspecified atom stereocenters. The van der Waals surface area contributed by atoms with Gasteiger partial charge in [-0.25, -0.2) is 4.79 Å². The molecule has 0 spiro atoms. The van der Waals surface area contributed by atoms with Crippen LogP contribution in [0.15, 0.2) is 12.1 Å². The van der Waals surface area contributed by atoms with E-state index < -0.39 is 5.97 Å². The Morgan fingerprint density at radius 2 is 2.00 bits per heavy atom. The molecule has 1 heterocycles. The molecular weight excluding hydrogens is 254 g/mol. The maximum atomic E-state index is 11.3. The van der Waals surface area contributed by atoms with Gasteiger partial charge >= 0.3 is 5.97 Å². The van der Waals surface area contributed by atoms with Crippen LogP contribution in [0.3, 0.4) is 0 Å². The van der Waals surface area contributed by atoms with E-state index in [9.17, 15) is 9.90 Å². The molecule has 1 saturated heterocycles. The van der Waals surface area contributed by atoms with Gasteiger partial charge in [-0.05, 0) is 45.5 Å². The molecule has 0 atom stereocenters. The minimum Gasteiger partial charge on any atom is -0.478 e. The van der Waals surface area contributed by atoms with E-state index in [4.69, 9.17) is 5.73 Å². The molecule has 0 saturated carbocycles. The average molecular weight is 277 g/mol. The Bertz CT molecular complexity index is 540. The average Bonchev–Trinajstić information content (AvgIpc) is 2.35. The summed E-state index contributed by atoms with van der Waals surface area (Å²) < 4.78 is 0. The second-order valence-corrected chi connectivity index (χ2v) is 6.18. The standard InChI is InChI=1S/C15H23N3O2/c1-10-7-11(8-12(13(10)16)14(19)20)18-6-5-17(4)15(2,3)9-18/h7-8H,5-6,9,16H2,1-4H3,(H,19,20). The molecule has 3 N–H and O–H groups in total. The number of carboxylic acids is 1. The first-order chi connectivity index (χ1) is 9.22. The number of nitrogens with zero attached hydrogens (tertiary/aromatic N) is 2. The lowest BCUT2D eigenvalue weighted by Crippen LogP contribution is -2.57. The third-order valence-electron chi connectivity index (χ3n) is 4.28. The normalized spacial score (nSPS) is 19.1. The highest BCUT2D eigenvalue weighted by Gasteiger charge is 2.31. The Balaban J connectivity index is 2.37. The van der Waals surface area contributed by atoms with Gasteiger partial charge in [0.1, 0.15) is 0 Å². The molecule has 0 amide bonds. The molecule has 1 aliphatic heterocycles. The zero-order chi connectivity index (χ0) is 15.1. The third kappa shape index (κ3) is 2.58. The molecule has 1 aromatic rings. The molecule has 20 heavy (non-hydrogen) atoms. The molecule has 5 nitrogen and oxygen atoms in total. The molecule has 0 aliphatic carbocycles. The number of anilines is 2. The van der Waals surface area contributed by atoms with Crippen molar-refractivity contribution in [2.75, 3.05) is 37.3 Å². The second-order valence-electron chi connectivity index (χ2n) is 6.18.